The van der Waals surface area contributed by atoms with Crippen molar-refractivity contribution < 1.29 is 17.7 Å². The summed E-state index contributed by atoms with van der Waals surface area (Å²) in [7, 11) is -3.36. The summed E-state index contributed by atoms with van der Waals surface area (Å²) < 4.78 is 30.6. The van der Waals surface area contributed by atoms with Gasteiger partial charge in [-0.2, -0.15) is 4.31 Å². The van der Waals surface area contributed by atoms with Crippen molar-refractivity contribution in [1.29, 1.82) is 0 Å². The van der Waals surface area contributed by atoms with Crippen LogP contribution < -0.4 is 5.32 Å². The number of sulfonamides is 1. The van der Waals surface area contributed by atoms with Crippen LogP contribution in [0.4, 0.5) is 5.69 Å². The molecule has 1 amide bonds. The summed E-state index contributed by atoms with van der Waals surface area (Å²) in [5.41, 5.74) is 0.545. The first kappa shape index (κ1) is 17.9. The van der Waals surface area contributed by atoms with Gasteiger partial charge in [0, 0.05) is 12.6 Å². The molecule has 0 saturated carbocycles. The van der Waals surface area contributed by atoms with Gasteiger partial charge in [0.2, 0.25) is 10.0 Å². The van der Waals surface area contributed by atoms with Crippen molar-refractivity contribution in [2.75, 3.05) is 18.1 Å². The molecule has 3 rings (SSSR count). The molecule has 0 radical (unpaired) electrons. The number of nitrogens with one attached hydrogen (secondary N) is 1. The fraction of sp³-hybridized carbons (Fsp3) is 0.375. The van der Waals surface area contributed by atoms with E-state index in [0.717, 1.165) is 12.8 Å². The molecule has 25 heavy (non-hydrogen) atoms. The summed E-state index contributed by atoms with van der Waals surface area (Å²) in [4.78, 5) is 12.3. The maximum atomic E-state index is 12.3. The van der Waals surface area contributed by atoms with Gasteiger partial charge in [-0.05, 0) is 25.0 Å². The first-order chi connectivity index (χ1) is 11.9. The first-order valence-electron chi connectivity index (χ1n) is 7.85. The zero-order chi connectivity index (χ0) is 18.0. The number of halogens is 1. The Kier molecular flexibility index (Phi) is 5.12. The molecule has 2 heterocycles. The summed E-state index contributed by atoms with van der Waals surface area (Å²) in [5, 5.41) is 6.85. The highest BCUT2D eigenvalue weighted by atomic mass is 35.5. The van der Waals surface area contributed by atoms with Crippen LogP contribution in [0.25, 0.3) is 0 Å². The van der Waals surface area contributed by atoms with Gasteiger partial charge in [0.05, 0.1) is 23.0 Å². The molecule has 1 aromatic carbocycles. The minimum Gasteiger partial charge on any atom is -0.359 e. The standard InChI is InChI=1S/C16H18ClN3O4S/c1-25(22,23)20-9-5-4-8-14(20)15-10-13(19-24-15)16(21)18-12-7-3-2-6-11(12)17/h2-3,6-7,10,14H,4-5,8-9H2,1H3,(H,18,21). The minimum atomic E-state index is -3.36. The molecule has 7 nitrogen and oxygen atoms in total. The Labute approximate surface area is 151 Å². The van der Waals surface area contributed by atoms with Crippen LogP contribution in [0, 0.1) is 0 Å². The van der Waals surface area contributed by atoms with Gasteiger partial charge in [0.25, 0.3) is 5.91 Å². The molecule has 1 unspecified atom stereocenters. The molecule has 1 aliphatic heterocycles. The number of hydrogen-bond donors (Lipinski definition) is 1. The first-order valence-corrected chi connectivity index (χ1v) is 10.1. The lowest BCUT2D eigenvalue weighted by atomic mass is 10.0. The Hall–Kier alpha value is -1.90. The highest BCUT2D eigenvalue weighted by Crippen LogP contribution is 2.33. The van der Waals surface area contributed by atoms with E-state index in [-0.39, 0.29) is 5.69 Å². The molecule has 2 aromatic rings. The quantitative estimate of drug-likeness (QED) is 0.875. The molecular formula is C16H18ClN3O4S. The van der Waals surface area contributed by atoms with Gasteiger partial charge < -0.3 is 9.84 Å². The van der Waals surface area contributed by atoms with Gasteiger partial charge >= 0.3 is 0 Å². The zero-order valence-electron chi connectivity index (χ0n) is 13.6. The highest BCUT2D eigenvalue weighted by molar-refractivity contribution is 7.88. The van der Waals surface area contributed by atoms with Crippen LogP contribution in [0.5, 0.6) is 0 Å². The van der Waals surface area contributed by atoms with E-state index in [4.69, 9.17) is 16.1 Å². The topological polar surface area (TPSA) is 92.5 Å². The summed E-state index contributed by atoms with van der Waals surface area (Å²) >= 11 is 6.02. The normalized spacial score (nSPS) is 18.9. The SMILES string of the molecule is CS(=O)(=O)N1CCCCC1c1cc(C(=O)Nc2ccccc2Cl)no1. The third kappa shape index (κ3) is 4.02. The number of carbonyl (C=O) groups excluding carboxylic acids is 1. The molecule has 0 bridgehead atoms. The van der Waals surface area contributed by atoms with E-state index in [9.17, 15) is 13.2 Å². The zero-order valence-corrected chi connectivity index (χ0v) is 15.2. The van der Waals surface area contributed by atoms with E-state index in [2.05, 4.69) is 10.5 Å². The van der Waals surface area contributed by atoms with Crippen molar-refractivity contribution in [3.05, 3.63) is 46.8 Å². The molecule has 0 spiro atoms. The van der Waals surface area contributed by atoms with Crippen LogP contribution in [0.3, 0.4) is 0 Å². The fourth-order valence-electron chi connectivity index (χ4n) is 2.89. The van der Waals surface area contributed by atoms with Crippen LogP contribution in [-0.2, 0) is 10.0 Å². The van der Waals surface area contributed by atoms with Crippen molar-refractivity contribution in [3.63, 3.8) is 0 Å². The predicted molar refractivity (Wildman–Crippen MR) is 94.1 cm³/mol. The van der Waals surface area contributed by atoms with E-state index in [1.54, 1.807) is 24.3 Å². The van der Waals surface area contributed by atoms with Gasteiger partial charge in [0.1, 0.15) is 0 Å². The molecule has 1 aromatic heterocycles. The average Bonchev–Trinajstić information content (AvgIpc) is 3.06. The largest absolute Gasteiger partial charge is 0.359 e. The lowest BCUT2D eigenvalue weighted by Crippen LogP contribution is -2.37. The molecule has 134 valence electrons. The predicted octanol–water partition coefficient (Wildman–Crippen LogP) is 3.07. The van der Waals surface area contributed by atoms with Crippen molar-refractivity contribution in [1.82, 2.24) is 9.46 Å². The molecule has 1 fully saturated rings. The second kappa shape index (κ2) is 7.15. The lowest BCUT2D eigenvalue weighted by Gasteiger charge is -2.31. The molecule has 1 N–H and O–H groups in total. The summed E-state index contributed by atoms with van der Waals surface area (Å²) in [5.74, 6) is -0.0979. The number of amides is 1. The average molecular weight is 384 g/mol. The monoisotopic (exact) mass is 383 g/mol. The van der Waals surface area contributed by atoms with Crippen molar-refractivity contribution in [2.24, 2.45) is 0 Å². The Morgan fingerprint density at radius 1 is 1.36 bits per heavy atom. The van der Waals surface area contributed by atoms with Crippen LogP contribution in [0.1, 0.15) is 41.6 Å². The lowest BCUT2D eigenvalue weighted by molar-refractivity contribution is 0.101. The Bertz CT molecular complexity index is 881. The van der Waals surface area contributed by atoms with Gasteiger partial charge in [-0.3, -0.25) is 4.79 Å². The maximum absolute atomic E-state index is 12.3. The molecular weight excluding hydrogens is 366 g/mol. The number of para-hydroxylation sites is 1. The number of piperidine rings is 1. The smallest absolute Gasteiger partial charge is 0.277 e. The van der Waals surface area contributed by atoms with E-state index in [1.165, 1.54) is 16.6 Å². The second-order valence-electron chi connectivity index (χ2n) is 5.93. The van der Waals surface area contributed by atoms with Crippen LogP contribution >= 0.6 is 11.6 Å². The Balaban J connectivity index is 1.79. The third-order valence-corrected chi connectivity index (χ3v) is 5.71. The van der Waals surface area contributed by atoms with Crippen molar-refractivity contribution in [3.8, 4) is 0 Å². The van der Waals surface area contributed by atoms with Crippen LogP contribution in [0.15, 0.2) is 34.9 Å². The number of nitrogens with zero attached hydrogens (tertiary/aromatic N) is 2. The molecule has 9 heteroatoms. The van der Waals surface area contributed by atoms with E-state index >= 15 is 0 Å². The number of hydrogen-bond acceptors (Lipinski definition) is 5. The number of rotatable bonds is 4. The molecule has 0 aliphatic carbocycles. The van der Waals surface area contributed by atoms with Crippen LogP contribution in [-0.4, -0.2) is 36.6 Å². The molecule has 1 aliphatic rings. The van der Waals surface area contributed by atoms with Crippen molar-refractivity contribution in [2.45, 2.75) is 25.3 Å². The van der Waals surface area contributed by atoms with Crippen molar-refractivity contribution >= 4 is 33.2 Å². The van der Waals surface area contributed by atoms with Gasteiger partial charge in [-0.1, -0.05) is 35.3 Å². The van der Waals surface area contributed by atoms with E-state index in [1.807, 2.05) is 0 Å². The highest BCUT2D eigenvalue weighted by Gasteiger charge is 2.33. The number of anilines is 1. The van der Waals surface area contributed by atoms with Crippen LogP contribution in [0.2, 0.25) is 5.02 Å². The number of carbonyl (C=O) groups is 1. The minimum absolute atomic E-state index is 0.0777. The molecule has 1 atom stereocenters. The Morgan fingerprint density at radius 3 is 2.84 bits per heavy atom. The van der Waals surface area contributed by atoms with E-state index < -0.39 is 22.0 Å². The summed E-state index contributed by atoms with van der Waals surface area (Å²) in [6.45, 7) is 0.436. The number of aromatic nitrogens is 1. The molecule has 1 saturated heterocycles. The Morgan fingerprint density at radius 2 is 2.12 bits per heavy atom. The summed E-state index contributed by atoms with van der Waals surface area (Å²) in [6.07, 6.45) is 3.50. The second-order valence-corrected chi connectivity index (χ2v) is 8.28. The fourth-order valence-corrected chi connectivity index (χ4v) is 4.20. The van der Waals surface area contributed by atoms with Gasteiger partial charge in [-0.25, -0.2) is 8.42 Å². The number of benzene rings is 1. The van der Waals surface area contributed by atoms with E-state index in [0.29, 0.717) is 29.4 Å². The van der Waals surface area contributed by atoms with Gasteiger partial charge in [0.15, 0.2) is 11.5 Å². The summed E-state index contributed by atoms with van der Waals surface area (Å²) in [6, 6.07) is 7.90. The van der Waals surface area contributed by atoms with Gasteiger partial charge in [-0.15, -0.1) is 0 Å². The maximum Gasteiger partial charge on any atom is 0.277 e. The third-order valence-electron chi connectivity index (χ3n) is 4.09.